The van der Waals surface area contributed by atoms with E-state index in [1.807, 2.05) is 22.9 Å². The highest BCUT2D eigenvalue weighted by Gasteiger charge is 2.14. The van der Waals surface area contributed by atoms with Gasteiger partial charge in [-0.05, 0) is 46.2 Å². The molecule has 3 N–H and O–H groups in total. The maximum atomic E-state index is 6.10. The molecule has 0 radical (unpaired) electrons. The Bertz CT molecular complexity index is 561. The summed E-state index contributed by atoms with van der Waals surface area (Å²) in [5.74, 6) is 0.927. The molecule has 0 aromatic carbocycles. The minimum absolute atomic E-state index is 0.297. The first kappa shape index (κ1) is 13.9. The van der Waals surface area contributed by atoms with Crippen LogP contribution in [0.25, 0.3) is 0 Å². The molecule has 0 aliphatic heterocycles. The summed E-state index contributed by atoms with van der Waals surface area (Å²) in [7, 11) is 0. The van der Waals surface area contributed by atoms with Gasteiger partial charge in [0.2, 0.25) is 0 Å². The van der Waals surface area contributed by atoms with E-state index in [4.69, 9.17) is 5.73 Å². The van der Waals surface area contributed by atoms with Crippen LogP contribution in [0.3, 0.4) is 0 Å². The maximum Gasteiger partial charge on any atom is 0.148 e. The van der Waals surface area contributed by atoms with E-state index in [0.29, 0.717) is 6.04 Å². The topological polar surface area (TPSA) is 55.9 Å². The van der Waals surface area contributed by atoms with Crippen LogP contribution in [0.15, 0.2) is 6.07 Å². The minimum Gasteiger partial charge on any atom is -0.394 e. The van der Waals surface area contributed by atoms with E-state index in [0.717, 1.165) is 23.7 Å². The lowest BCUT2D eigenvalue weighted by molar-refractivity contribution is 0.534. The highest BCUT2D eigenvalue weighted by atomic mass is 32.1. The molecule has 0 bridgehead atoms. The normalized spacial score (nSPS) is 11.3. The molecule has 0 atom stereocenters. The van der Waals surface area contributed by atoms with Gasteiger partial charge in [-0.15, -0.1) is 11.3 Å². The van der Waals surface area contributed by atoms with Gasteiger partial charge in [0.05, 0.1) is 17.9 Å². The molecule has 5 heteroatoms. The average molecular weight is 278 g/mol. The highest BCUT2D eigenvalue weighted by molar-refractivity contribution is 7.12. The molecular weight excluding hydrogens is 256 g/mol. The predicted molar refractivity (Wildman–Crippen MR) is 82.9 cm³/mol. The van der Waals surface area contributed by atoms with E-state index < -0.39 is 0 Å². The van der Waals surface area contributed by atoms with Crippen LogP contribution in [0.4, 0.5) is 11.5 Å². The zero-order valence-electron chi connectivity index (χ0n) is 12.2. The summed E-state index contributed by atoms with van der Waals surface area (Å²) in [6.07, 6.45) is 0. The molecule has 19 heavy (non-hydrogen) atoms. The number of anilines is 2. The maximum absolute atomic E-state index is 6.10. The van der Waals surface area contributed by atoms with Crippen LogP contribution in [0, 0.1) is 20.8 Å². The molecular formula is C14H22N4S. The van der Waals surface area contributed by atoms with E-state index in [1.165, 1.54) is 15.3 Å². The SMILES string of the molecule is Cc1cc(CNc2c(N)c(C)nn2C(C)C)sc1C. The van der Waals surface area contributed by atoms with Gasteiger partial charge in [0.15, 0.2) is 0 Å². The van der Waals surface area contributed by atoms with Crippen molar-refractivity contribution in [1.29, 1.82) is 0 Å². The Balaban J connectivity index is 2.19. The standard InChI is InChI=1S/C14H22N4S/c1-8(2)18-14(13(15)10(4)17-18)16-7-12-6-9(3)11(5)19-12/h6,8,16H,7,15H2,1-5H3. The second-order valence-corrected chi connectivity index (χ2v) is 6.53. The largest absolute Gasteiger partial charge is 0.394 e. The summed E-state index contributed by atoms with van der Waals surface area (Å²) in [6.45, 7) is 11.2. The molecule has 4 nitrogen and oxygen atoms in total. The van der Waals surface area contributed by atoms with Crippen LogP contribution in [0.5, 0.6) is 0 Å². The molecule has 0 unspecified atom stereocenters. The third-order valence-electron chi connectivity index (χ3n) is 3.27. The second kappa shape index (κ2) is 5.25. The van der Waals surface area contributed by atoms with Gasteiger partial charge < -0.3 is 11.1 Å². The molecule has 0 amide bonds. The van der Waals surface area contributed by atoms with Crippen molar-refractivity contribution in [3.8, 4) is 0 Å². The number of hydrogen-bond donors (Lipinski definition) is 2. The van der Waals surface area contributed by atoms with E-state index in [9.17, 15) is 0 Å². The van der Waals surface area contributed by atoms with Crippen LogP contribution >= 0.6 is 11.3 Å². The molecule has 0 saturated carbocycles. The lowest BCUT2D eigenvalue weighted by Crippen LogP contribution is -2.10. The summed E-state index contributed by atoms with van der Waals surface area (Å²) in [5.41, 5.74) is 9.08. The quantitative estimate of drug-likeness (QED) is 0.897. The Hall–Kier alpha value is -1.49. The molecule has 0 saturated heterocycles. The lowest BCUT2D eigenvalue weighted by atomic mass is 10.3. The average Bonchev–Trinajstić information content (AvgIpc) is 2.80. The van der Waals surface area contributed by atoms with Gasteiger partial charge in [-0.2, -0.15) is 5.10 Å². The third kappa shape index (κ3) is 2.76. The molecule has 0 aliphatic carbocycles. The van der Waals surface area contributed by atoms with E-state index in [-0.39, 0.29) is 0 Å². The van der Waals surface area contributed by atoms with Crippen molar-refractivity contribution in [3.05, 3.63) is 27.1 Å². The number of thiophene rings is 1. The molecule has 104 valence electrons. The Kier molecular flexibility index (Phi) is 3.85. The van der Waals surface area contributed by atoms with E-state index in [2.05, 4.69) is 44.2 Å². The zero-order chi connectivity index (χ0) is 14.2. The molecule has 0 aliphatic rings. The first-order valence-corrected chi connectivity index (χ1v) is 7.36. The van der Waals surface area contributed by atoms with Gasteiger partial charge in [-0.25, -0.2) is 4.68 Å². The number of nitrogens with one attached hydrogen (secondary N) is 1. The lowest BCUT2D eigenvalue weighted by Gasteiger charge is -2.12. The Morgan fingerprint density at radius 3 is 2.58 bits per heavy atom. The minimum atomic E-state index is 0.297. The van der Waals surface area contributed by atoms with Gasteiger partial charge >= 0.3 is 0 Å². The molecule has 2 aromatic heterocycles. The number of nitrogens with two attached hydrogens (primary N) is 1. The Morgan fingerprint density at radius 2 is 2.05 bits per heavy atom. The van der Waals surface area contributed by atoms with Crippen molar-refractivity contribution in [2.45, 2.75) is 47.2 Å². The van der Waals surface area contributed by atoms with Gasteiger partial charge in [-0.1, -0.05) is 0 Å². The van der Waals surface area contributed by atoms with E-state index in [1.54, 1.807) is 0 Å². The van der Waals surface area contributed by atoms with Gasteiger partial charge in [0, 0.05) is 15.8 Å². The Morgan fingerprint density at radius 1 is 1.37 bits per heavy atom. The third-order valence-corrected chi connectivity index (χ3v) is 4.42. The van der Waals surface area contributed by atoms with Crippen molar-refractivity contribution in [3.63, 3.8) is 0 Å². The zero-order valence-corrected chi connectivity index (χ0v) is 13.1. The second-order valence-electron chi connectivity index (χ2n) is 5.19. The van der Waals surface area contributed by atoms with Crippen LogP contribution in [0.1, 0.15) is 40.9 Å². The van der Waals surface area contributed by atoms with Crippen molar-refractivity contribution in [1.82, 2.24) is 9.78 Å². The molecule has 2 rings (SSSR count). The summed E-state index contributed by atoms with van der Waals surface area (Å²) in [5, 5.41) is 7.90. The van der Waals surface area contributed by atoms with Crippen LogP contribution in [-0.4, -0.2) is 9.78 Å². The number of nitrogen functional groups attached to an aromatic ring is 1. The van der Waals surface area contributed by atoms with Gasteiger partial charge in [0.1, 0.15) is 5.82 Å². The fourth-order valence-corrected chi connectivity index (χ4v) is 3.01. The van der Waals surface area contributed by atoms with Gasteiger partial charge in [0.25, 0.3) is 0 Å². The predicted octanol–water partition coefficient (Wildman–Crippen LogP) is 3.65. The van der Waals surface area contributed by atoms with Crippen molar-refractivity contribution < 1.29 is 0 Å². The number of aryl methyl sites for hydroxylation is 3. The summed E-state index contributed by atoms with van der Waals surface area (Å²) in [6, 6.07) is 2.52. The summed E-state index contributed by atoms with van der Waals surface area (Å²) >= 11 is 1.83. The first-order valence-electron chi connectivity index (χ1n) is 6.54. The first-order chi connectivity index (χ1) is 8.90. The van der Waals surface area contributed by atoms with E-state index >= 15 is 0 Å². The Labute approximate surface area is 118 Å². The fraction of sp³-hybridized carbons (Fsp3) is 0.500. The molecule has 0 spiro atoms. The van der Waals surface area contributed by atoms with Crippen molar-refractivity contribution in [2.75, 3.05) is 11.1 Å². The van der Waals surface area contributed by atoms with Crippen molar-refractivity contribution in [2.24, 2.45) is 0 Å². The van der Waals surface area contributed by atoms with Crippen LogP contribution in [0.2, 0.25) is 0 Å². The fourth-order valence-electron chi connectivity index (χ4n) is 2.02. The number of aromatic nitrogens is 2. The van der Waals surface area contributed by atoms with Gasteiger partial charge in [-0.3, -0.25) is 0 Å². The number of nitrogens with zero attached hydrogens (tertiary/aromatic N) is 2. The molecule has 0 fully saturated rings. The molecule has 2 heterocycles. The van der Waals surface area contributed by atoms with Crippen LogP contribution in [-0.2, 0) is 6.54 Å². The summed E-state index contributed by atoms with van der Waals surface area (Å²) < 4.78 is 1.96. The summed E-state index contributed by atoms with van der Waals surface area (Å²) in [4.78, 5) is 2.70. The van der Waals surface area contributed by atoms with Crippen LogP contribution < -0.4 is 11.1 Å². The number of rotatable bonds is 4. The molecule has 2 aromatic rings. The smallest absolute Gasteiger partial charge is 0.148 e. The monoisotopic (exact) mass is 278 g/mol. The van der Waals surface area contributed by atoms with Crippen molar-refractivity contribution >= 4 is 22.8 Å². The highest BCUT2D eigenvalue weighted by Crippen LogP contribution is 2.27. The number of hydrogen-bond acceptors (Lipinski definition) is 4.